The van der Waals surface area contributed by atoms with Gasteiger partial charge in [-0.25, -0.2) is 13.2 Å². The highest BCUT2D eigenvalue weighted by Gasteiger charge is 2.27. The number of sulfone groups is 1. The van der Waals surface area contributed by atoms with Crippen LogP contribution in [0.2, 0.25) is 5.02 Å². The van der Waals surface area contributed by atoms with Crippen LogP contribution < -0.4 is 5.32 Å². The molecule has 120 valence electrons. The van der Waals surface area contributed by atoms with Crippen molar-refractivity contribution in [2.24, 2.45) is 0 Å². The van der Waals surface area contributed by atoms with E-state index in [0.717, 1.165) is 25.2 Å². The van der Waals surface area contributed by atoms with Gasteiger partial charge in [-0.15, -0.1) is 0 Å². The summed E-state index contributed by atoms with van der Waals surface area (Å²) in [5, 5.41) is 2.75. The number of carbonyl (C=O) groups excluding carboxylic acids is 2. The van der Waals surface area contributed by atoms with Crippen LogP contribution in [0, 0.1) is 0 Å². The monoisotopic (exact) mass is 345 g/mol. The molecule has 0 radical (unpaired) electrons. The molecule has 0 unspecified atom stereocenters. The summed E-state index contributed by atoms with van der Waals surface area (Å²) < 4.78 is 28.2. The molecule has 8 heteroatoms. The Bertz CT molecular complexity index is 712. The summed E-state index contributed by atoms with van der Waals surface area (Å²) in [5.41, 5.74) is 0.0240. The van der Waals surface area contributed by atoms with E-state index in [0.29, 0.717) is 0 Å². The lowest BCUT2D eigenvalue weighted by Gasteiger charge is -2.13. The normalized spacial score (nSPS) is 16.0. The Hall–Kier alpha value is -1.60. The Morgan fingerprint density at radius 3 is 2.55 bits per heavy atom. The maximum Gasteiger partial charge on any atom is 0.338 e. The number of hydrogen-bond donors (Lipinski definition) is 1. The second kappa shape index (κ2) is 6.26. The van der Waals surface area contributed by atoms with E-state index in [1.807, 2.05) is 0 Å². The highest BCUT2D eigenvalue weighted by molar-refractivity contribution is 7.90. The Kier molecular flexibility index (Phi) is 4.77. The van der Waals surface area contributed by atoms with Gasteiger partial charge < -0.3 is 10.1 Å². The topological polar surface area (TPSA) is 89.5 Å². The lowest BCUT2D eigenvalue weighted by atomic mass is 10.2. The van der Waals surface area contributed by atoms with Gasteiger partial charge in [-0.1, -0.05) is 11.6 Å². The highest BCUT2D eigenvalue weighted by Crippen LogP contribution is 2.23. The third-order valence-corrected chi connectivity index (χ3v) is 4.72. The minimum Gasteiger partial charge on any atom is -0.449 e. The van der Waals surface area contributed by atoms with Gasteiger partial charge in [0.25, 0.3) is 5.91 Å². The zero-order valence-electron chi connectivity index (χ0n) is 12.1. The number of rotatable bonds is 5. The van der Waals surface area contributed by atoms with Gasteiger partial charge in [0.1, 0.15) is 0 Å². The zero-order valence-corrected chi connectivity index (χ0v) is 13.7. The van der Waals surface area contributed by atoms with Crippen molar-refractivity contribution in [3.63, 3.8) is 0 Å². The highest BCUT2D eigenvalue weighted by atomic mass is 35.5. The van der Waals surface area contributed by atoms with Crippen LogP contribution >= 0.6 is 11.6 Å². The van der Waals surface area contributed by atoms with E-state index in [1.54, 1.807) is 0 Å². The van der Waals surface area contributed by atoms with E-state index in [1.165, 1.54) is 19.1 Å². The van der Waals surface area contributed by atoms with Gasteiger partial charge in [0.15, 0.2) is 15.9 Å². The largest absolute Gasteiger partial charge is 0.449 e. The molecule has 1 N–H and O–H groups in total. The Balaban J connectivity index is 2.10. The van der Waals surface area contributed by atoms with E-state index < -0.39 is 21.9 Å². The maximum absolute atomic E-state index is 12.0. The molecule has 2 rings (SSSR count). The van der Waals surface area contributed by atoms with Crippen molar-refractivity contribution >= 4 is 33.3 Å². The van der Waals surface area contributed by atoms with Crippen molar-refractivity contribution in [3.05, 3.63) is 28.8 Å². The number of hydrogen-bond acceptors (Lipinski definition) is 5. The van der Waals surface area contributed by atoms with Crippen LogP contribution in [0.25, 0.3) is 0 Å². The third-order valence-electron chi connectivity index (χ3n) is 3.14. The number of esters is 1. The van der Waals surface area contributed by atoms with Gasteiger partial charge in [0.2, 0.25) is 0 Å². The average Bonchev–Trinajstić information content (AvgIpc) is 3.21. The van der Waals surface area contributed by atoms with Crippen LogP contribution in [0.15, 0.2) is 23.1 Å². The minimum absolute atomic E-state index is 0.0240. The van der Waals surface area contributed by atoms with E-state index in [4.69, 9.17) is 16.3 Å². The minimum atomic E-state index is -3.56. The fraction of sp³-hybridized carbons (Fsp3) is 0.429. The van der Waals surface area contributed by atoms with E-state index in [9.17, 15) is 18.0 Å². The third kappa shape index (κ3) is 4.20. The van der Waals surface area contributed by atoms with Gasteiger partial charge in [-0.05, 0) is 38.0 Å². The standard InChI is InChI=1S/C14H16ClNO5S/c1-8(13(17)16-10-4-5-10)21-14(18)9-3-6-11(15)12(7-9)22(2,19)20/h3,6-8,10H,4-5H2,1-2H3,(H,16,17)/t8-/m1/s1. The average molecular weight is 346 g/mol. The molecule has 1 fully saturated rings. The molecule has 0 aromatic heterocycles. The number of nitrogens with one attached hydrogen (secondary N) is 1. The second-order valence-corrected chi connectivity index (χ2v) is 7.64. The van der Waals surface area contributed by atoms with Gasteiger partial charge >= 0.3 is 5.97 Å². The van der Waals surface area contributed by atoms with Crippen molar-refractivity contribution in [2.75, 3.05) is 6.26 Å². The summed E-state index contributed by atoms with van der Waals surface area (Å²) in [7, 11) is -3.56. The number of amides is 1. The van der Waals surface area contributed by atoms with Crippen LogP contribution in [0.5, 0.6) is 0 Å². The molecule has 1 amide bonds. The van der Waals surface area contributed by atoms with Crippen LogP contribution in [0.1, 0.15) is 30.1 Å². The van der Waals surface area contributed by atoms with Crippen molar-refractivity contribution in [2.45, 2.75) is 36.8 Å². The number of halogens is 1. The molecule has 0 aliphatic heterocycles. The summed E-state index contributed by atoms with van der Waals surface area (Å²) in [5.74, 6) is -1.15. The Labute approximate surface area is 133 Å². The smallest absolute Gasteiger partial charge is 0.338 e. The van der Waals surface area contributed by atoms with E-state index in [-0.39, 0.29) is 27.4 Å². The Morgan fingerprint density at radius 2 is 2.00 bits per heavy atom. The molecule has 0 bridgehead atoms. The summed E-state index contributed by atoms with van der Waals surface area (Å²) in [6, 6.07) is 3.97. The van der Waals surface area contributed by atoms with E-state index >= 15 is 0 Å². The maximum atomic E-state index is 12.0. The second-order valence-electron chi connectivity index (χ2n) is 5.25. The molecule has 0 spiro atoms. The lowest BCUT2D eigenvalue weighted by Crippen LogP contribution is -2.37. The number of ether oxygens (including phenoxy) is 1. The first kappa shape index (κ1) is 16.8. The molecule has 1 atom stereocenters. The zero-order chi connectivity index (χ0) is 16.5. The predicted molar refractivity (Wildman–Crippen MR) is 80.6 cm³/mol. The van der Waals surface area contributed by atoms with Gasteiger partial charge in [-0.3, -0.25) is 4.79 Å². The molecule has 6 nitrogen and oxygen atoms in total. The quantitative estimate of drug-likeness (QED) is 0.818. The van der Waals surface area contributed by atoms with Gasteiger partial charge in [0.05, 0.1) is 15.5 Å². The summed E-state index contributed by atoms with van der Waals surface area (Å²) >= 11 is 5.81. The first-order valence-electron chi connectivity index (χ1n) is 6.69. The molecule has 1 saturated carbocycles. The van der Waals surface area contributed by atoms with Crippen LogP contribution in [0.4, 0.5) is 0 Å². The molecule has 1 aliphatic rings. The molecular weight excluding hydrogens is 330 g/mol. The molecule has 1 aromatic carbocycles. The van der Waals surface area contributed by atoms with E-state index in [2.05, 4.69) is 5.32 Å². The first-order chi connectivity index (χ1) is 10.2. The molecule has 0 heterocycles. The summed E-state index contributed by atoms with van der Waals surface area (Å²) in [6.45, 7) is 1.46. The molecular formula is C14H16ClNO5S. The lowest BCUT2D eigenvalue weighted by molar-refractivity contribution is -0.129. The van der Waals surface area contributed by atoms with Crippen LogP contribution in [-0.2, 0) is 19.4 Å². The van der Waals surface area contributed by atoms with Crippen molar-refractivity contribution in [1.82, 2.24) is 5.32 Å². The van der Waals surface area contributed by atoms with Crippen molar-refractivity contribution < 1.29 is 22.7 Å². The number of benzene rings is 1. The fourth-order valence-electron chi connectivity index (χ4n) is 1.74. The van der Waals surface area contributed by atoms with Crippen LogP contribution in [-0.4, -0.2) is 38.7 Å². The van der Waals surface area contributed by atoms with Gasteiger partial charge in [0, 0.05) is 12.3 Å². The van der Waals surface area contributed by atoms with Crippen LogP contribution in [0.3, 0.4) is 0 Å². The molecule has 1 aromatic rings. The molecule has 1 aliphatic carbocycles. The predicted octanol–water partition coefficient (Wildman–Crippen LogP) is 1.57. The summed E-state index contributed by atoms with van der Waals surface area (Å²) in [4.78, 5) is 23.6. The number of carbonyl (C=O) groups is 2. The molecule has 22 heavy (non-hydrogen) atoms. The molecule has 0 saturated heterocycles. The van der Waals surface area contributed by atoms with Crippen molar-refractivity contribution in [1.29, 1.82) is 0 Å². The SMILES string of the molecule is C[C@@H](OC(=O)c1ccc(Cl)c(S(C)(=O)=O)c1)C(=O)NC1CC1. The first-order valence-corrected chi connectivity index (χ1v) is 8.96. The Morgan fingerprint density at radius 1 is 1.36 bits per heavy atom. The summed E-state index contributed by atoms with van der Waals surface area (Å²) in [6.07, 6.45) is 1.91. The van der Waals surface area contributed by atoms with Crippen molar-refractivity contribution in [3.8, 4) is 0 Å². The fourth-order valence-corrected chi connectivity index (χ4v) is 3.04. The van der Waals surface area contributed by atoms with Gasteiger partial charge in [-0.2, -0.15) is 0 Å².